The normalized spacial score (nSPS) is 16.0. The summed E-state index contributed by atoms with van der Waals surface area (Å²) in [6.07, 6.45) is 0.0606. The Labute approximate surface area is 151 Å². The molecular weight excluding hydrogens is 328 g/mol. The van der Waals surface area contributed by atoms with Crippen LogP contribution < -0.4 is 10.6 Å². The van der Waals surface area contributed by atoms with Crippen molar-refractivity contribution in [3.63, 3.8) is 0 Å². The summed E-state index contributed by atoms with van der Waals surface area (Å²) in [6, 6.07) is 14.8. The molecule has 132 valence electrons. The first-order chi connectivity index (χ1) is 12.5. The fraction of sp³-hybridized carbons (Fsp3) is 0.250. The second-order valence-corrected chi connectivity index (χ2v) is 6.83. The topological polar surface area (TPSA) is 76.0 Å². The van der Waals surface area contributed by atoms with Gasteiger partial charge in [0.1, 0.15) is 6.04 Å². The lowest BCUT2D eigenvalue weighted by Gasteiger charge is -2.12. The number of nitrogens with zero attached hydrogens (tertiary/aromatic N) is 2. The molecule has 2 amide bonds. The predicted octanol–water partition coefficient (Wildman–Crippen LogP) is 3.68. The van der Waals surface area contributed by atoms with Crippen LogP contribution in [0.3, 0.4) is 0 Å². The van der Waals surface area contributed by atoms with E-state index in [1.807, 2.05) is 48.5 Å². The molecule has 4 rings (SSSR count). The lowest BCUT2D eigenvalue weighted by atomic mass is 10.0. The Hall–Kier alpha value is -3.15. The number of hydrogen-bond acceptors (Lipinski definition) is 3. The minimum Gasteiger partial charge on any atom is -0.326 e. The van der Waals surface area contributed by atoms with Crippen LogP contribution >= 0.6 is 0 Å². The highest BCUT2D eigenvalue weighted by Crippen LogP contribution is 2.32. The first-order valence-corrected chi connectivity index (χ1v) is 8.70. The highest BCUT2D eigenvalue weighted by atomic mass is 16.2. The van der Waals surface area contributed by atoms with Gasteiger partial charge in [-0.2, -0.15) is 0 Å². The minimum atomic E-state index is -0.590. The summed E-state index contributed by atoms with van der Waals surface area (Å²) in [7, 11) is 0. The van der Waals surface area contributed by atoms with Gasteiger partial charge in [-0.1, -0.05) is 38.1 Å². The van der Waals surface area contributed by atoms with Gasteiger partial charge < -0.3 is 5.32 Å². The standard InChI is InChI=1S/C20H20N4O2/c1-12(2)13-7-9-14(10-8-13)21-18(25)11-17-19(26)23-20-22-15-5-3-4-6-16(15)24(17)20/h3-10,12,17H,11H2,1-2H3,(H,21,25)(H,22,23,26)/t17-/m1/s1. The summed E-state index contributed by atoms with van der Waals surface area (Å²) in [5, 5.41) is 5.63. The highest BCUT2D eigenvalue weighted by molar-refractivity contribution is 6.03. The van der Waals surface area contributed by atoms with Crippen molar-refractivity contribution in [2.45, 2.75) is 32.2 Å². The van der Waals surface area contributed by atoms with Crippen molar-refractivity contribution in [3.8, 4) is 0 Å². The monoisotopic (exact) mass is 348 g/mol. The third-order valence-electron chi connectivity index (χ3n) is 4.68. The molecule has 1 aromatic heterocycles. The van der Waals surface area contributed by atoms with Crippen molar-refractivity contribution in [1.82, 2.24) is 9.55 Å². The number of imidazole rings is 1. The maximum Gasteiger partial charge on any atom is 0.250 e. The van der Waals surface area contributed by atoms with Gasteiger partial charge in [-0.15, -0.1) is 0 Å². The maximum atomic E-state index is 12.5. The molecule has 2 heterocycles. The zero-order chi connectivity index (χ0) is 18.3. The number of anilines is 2. The van der Waals surface area contributed by atoms with Crippen LogP contribution in [0.15, 0.2) is 48.5 Å². The van der Waals surface area contributed by atoms with E-state index in [4.69, 9.17) is 0 Å². The number of hydrogen-bond donors (Lipinski definition) is 2. The van der Waals surface area contributed by atoms with E-state index in [1.54, 1.807) is 4.57 Å². The number of nitrogens with one attached hydrogen (secondary N) is 2. The van der Waals surface area contributed by atoms with Crippen LogP contribution in [0, 0.1) is 0 Å². The van der Waals surface area contributed by atoms with Gasteiger partial charge in [0.15, 0.2) is 0 Å². The Balaban J connectivity index is 1.52. The molecular formula is C20H20N4O2. The van der Waals surface area contributed by atoms with E-state index in [-0.39, 0.29) is 18.2 Å². The van der Waals surface area contributed by atoms with Crippen molar-refractivity contribution in [2.75, 3.05) is 10.6 Å². The van der Waals surface area contributed by atoms with Crippen molar-refractivity contribution in [2.24, 2.45) is 0 Å². The van der Waals surface area contributed by atoms with Crippen LogP contribution in [0.25, 0.3) is 11.0 Å². The molecule has 0 saturated heterocycles. The molecule has 0 spiro atoms. The second-order valence-electron chi connectivity index (χ2n) is 6.83. The van der Waals surface area contributed by atoms with Crippen LogP contribution in [0.1, 0.15) is 37.8 Å². The Kier molecular flexibility index (Phi) is 3.95. The Bertz CT molecular complexity index is 989. The number of amides is 2. The smallest absolute Gasteiger partial charge is 0.250 e. The van der Waals surface area contributed by atoms with Gasteiger partial charge >= 0.3 is 0 Å². The first kappa shape index (κ1) is 16.3. The molecule has 3 aromatic rings. The summed E-state index contributed by atoms with van der Waals surface area (Å²) < 4.78 is 1.80. The molecule has 2 aromatic carbocycles. The molecule has 2 N–H and O–H groups in total. The number of fused-ring (bicyclic) bond motifs is 3. The van der Waals surface area contributed by atoms with Gasteiger partial charge in [-0.05, 0) is 35.7 Å². The lowest BCUT2D eigenvalue weighted by Crippen LogP contribution is -2.23. The molecule has 0 radical (unpaired) electrons. The zero-order valence-electron chi connectivity index (χ0n) is 14.7. The van der Waals surface area contributed by atoms with Gasteiger partial charge in [0.25, 0.3) is 0 Å². The Morgan fingerprint density at radius 3 is 2.65 bits per heavy atom. The number of carbonyl (C=O) groups is 2. The van der Waals surface area contributed by atoms with Crippen LogP contribution in [0.5, 0.6) is 0 Å². The molecule has 1 aliphatic rings. The predicted molar refractivity (Wildman–Crippen MR) is 101 cm³/mol. The van der Waals surface area contributed by atoms with Gasteiger partial charge in [-0.25, -0.2) is 4.98 Å². The van der Waals surface area contributed by atoms with Crippen LogP contribution in [-0.4, -0.2) is 21.4 Å². The zero-order valence-corrected chi connectivity index (χ0v) is 14.7. The average molecular weight is 348 g/mol. The SMILES string of the molecule is CC(C)c1ccc(NC(=O)C[C@@H]2C(=O)Nc3nc4ccccc4n32)cc1. The third-order valence-corrected chi connectivity index (χ3v) is 4.68. The van der Waals surface area contributed by atoms with Crippen molar-refractivity contribution in [1.29, 1.82) is 0 Å². The second kappa shape index (κ2) is 6.29. The molecule has 0 saturated carbocycles. The molecule has 1 atom stereocenters. The van der Waals surface area contributed by atoms with E-state index in [0.717, 1.165) is 16.7 Å². The van der Waals surface area contributed by atoms with E-state index in [2.05, 4.69) is 29.5 Å². The minimum absolute atomic E-state index is 0.0606. The fourth-order valence-electron chi connectivity index (χ4n) is 3.28. The quantitative estimate of drug-likeness (QED) is 0.755. The van der Waals surface area contributed by atoms with Crippen LogP contribution in [-0.2, 0) is 9.59 Å². The summed E-state index contributed by atoms with van der Waals surface area (Å²) >= 11 is 0. The van der Waals surface area contributed by atoms with E-state index in [1.165, 1.54) is 5.56 Å². The molecule has 6 nitrogen and oxygen atoms in total. The number of rotatable bonds is 4. The maximum absolute atomic E-state index is 12.5. The van der Waals surface area contributed by atoms with E-state index in [0.29, 0.717) is 11.9 Å². The Morgan fingerprint density at radius 2 is 1.92 bits per heavy atom. The van der Waals surface area contributed by atoms with Crippen molar-refractivity contribution in [3.05, 3.63) is 54.1 Å². The first-order valence-electron chi connectivity index (χ1n) is 8.70. The molecule has 0 bridgehead atoms. The largest absolute Gasteiger partial charge is 0.326 e. The summed E-state index contributed by atoms with van der Waals surface area (Å²) in [5.41, 5.74) is 3.60. The summed E-state index contributed by atoms with van der Waals surface area (Å²) in [5.74, 6) is 0.529. The highest BCUT2D eigenvalue weighted by Gasteiger charge is 2.34. The van der Waals surface area contributed by atoms with Crippen LogP contribution in [0.4, 0.5) is 11.6 Å². The third kappa shape index (κ3) is 2.83. The summed E-state index contributed by atoms with van der Waals surface area (Å²) in [6.45, 7) is 4.25. The number of benzene rings is 2. The van der Waals surface area contributed by atoms with E-state index in [9.17, 15) is 9.59 Å². The lowest BCUT2D eigenvalue weighted by molar-refractivity contribution is -0.123. The van der Waals surface area contributed by atoms with Crippen molar-refractivity contribution >= 4 is 34.5 Å². The number of para-hydroxylation sites is 2. The van der Waals surface area contributed by atoms with Gasteiger partial charge in [0, 0.05) is 5.69 Å². The van der Waals surface area contributed by atoms with Crippen molar-refractivity contribution < 1.29 is 9.59 Å². The molecule has 0 unspecified atom stereocenters. The van der Waals surface area contributed by atoms with Gasteiger partial charge in [-0.3, -0.25) is 19.5 Å². The van der Waals surface area contributed by atoms with Gasteiger partial charge in [0.2, 0.25) is 17.8 Å². The molecule has 0 aliphatic carbocycles. The average Bonchev–Trinajstić information content (AvgIpc) is 3.11. The number of carbonyl (C=O) groups excluding carboxylic acids is 2. The fourth-order valence-corrected chi connectivity index (χ4v) is 3.28. The molecule has 1 aliphatic heterocycles. The number of aromatic nitrogens is 2. The summed E-state index contributed by atoms with van der Waals surface area (Å²) in [4.78, 5) is 29.2. The van der Waals surface area contributed by atoms with E-state index < -0.39 is 6.04 Å². The molecule has 0 fully saturated rings. The van der Waals surface area contributed by atoms with Crippen LogP contribution in [0.2, 0.25) is 0 Å². The van der Waals surface area contributed by atoms with Gasteiger partial charge in [0.05, 0.1) is 17.5 Å². The molecule has 26 heavy (non-hydrogen) atoms. The Morgan fingerprint density at radius 1 is 1.19 bits per heavy atom. The molecule has 6 heteroatoms. The van der Waals surface area contributed by atoms with E-state index >= 15 is 0 Å².